The molecule has 0 aliphatic carbocycles. The summed E-state index contributed by atoms with van der Waals surface area (Å²) in [4.78, 5) is 25.1. The molecule has 8 heteroatoms. The average molecular weight is 379 g/mol. The number of hydrazone groups is 1. The van der Waals surface area contributed by atoms with Gasteiger partial charge < -0.3 is 5.32 Å². The zero-order valence-corrected chi connectivity index (χ0v) is 15.2. The number of halogens is 1. The summed E-state index contributed by atoms with van der Waals surface area (Å²) in [5.74, 6) is 0.819. The van der Waals surface area contributed by atoms with Gasteiger partial charge in [-0.1, -0.05) is 17.7 Å². The van der Waals surface area contributed by atoms with Crippen molar-refractivity contribution in [3.05, 3.63) is 59.9 Å². The Morgan fingerprint density at radius 2 is 1.96 bits per heavy atom. The molecular formula is C19H15ClN6O. The monoisotopic (exact) mass is 378 g/mol. The summed E-state index contributed by atoms with van der Waals surface area (Å²) < 4.78 is 0. The van der Waals surface area contributed by atoms with Gasteiger partial charge in [0.15, 0.2) is 5.82 Å². The van der Waals surface area contributed by atoms with Crippen LogP contribution in [0.2, 0.25) is 5.02 Å². The highest BCUT2D eigenvalue weighted by atomic mass is 35.5. The number of nitrogens with zero attached hydrogens (tertiary/aromatic N) is 5. The van der Waals surface area contributed by atoms with Crippen molar-refractivity contribution in [3.8, 4) is 11.3 Å². The molecule has 0 fully saturated rings. The van der Waals surface area contributed by atoms with E-state index in [0.29, 0.717) is 28.9 Å². The van der Waals surface area contributed by atoms with Gasteiger partial charge in [0.1, 0.15) is 0 Å². The van der Waals surface area contributed by atoms with Crippen LogP contribution in [0.4, 0.5) is 17.5 Å². The van der Waals surface area contributed by atoms with Gasteiger partial charge >= 0.3 is 0 Å². The van der Waals surface area contributed by atoms with Crippen LogP contribution in [0.1, 0.15) is 13.3 Å². The Morgan fingerprint density at radius 1 is 1.11 bits per heavy atom. The van der Waals surface area contributed by atoms with E-state index in [2.05, 4.69) is 25.4 Å². The molecular weight excluding hydrogens is 364 g/mol. The highest BCUT2D eigenvalue weighted by molar-refractivity contribution is 6.30. The predicted molar refractivity (Wildman–Crippen MR) is 105 cm³/mol. The van der Waals surface area contributed by atoms with Gasteiger partial charge in [0.25, 0.3) is 5.91 Å². The Kier molecular flexibility index (Phi) is 4.52. The molecule has 0 radical (unpaired) electrons. The summed E-state index contributed by atoms with van der Waals surface area (Å²) in [6.07, 6.45) is 3.61. The Labute approximate surface area is 160 Å². The number of carbonyl (C=O) groups is 1. The summed E-state index contributed by atoms with van der Waals surface area (Å²) in [5, 5.41) is 9.32. The maximum Gasteiger partial charge on any atom is 0.254 e. The van der Waals surface area contributed by atoms with E-state index in [1.807, 2.05) is 25.1 Å². The standard InChI is InChI=1S/C19H15ClN6O/c1-12-9-18(27)26(25-12)17-10-13(5-7-21-17)16-6-8-22-19(24-16)23-15-4-2-3-14(20)11-15/h2-8,10-11H,9H2,1H3,(H,22,23,24). The Bertz CT molecular complexity index is 1050. The first kappa shape index (κ1) is 17.1. The molecule has 2 aromatic heterocycles. The molecule has 1 aliphatic rings. The number of anilines is 3. The number of hydrogen-bond acceptors (Lipinski definition) is 6. The minimum Gasteiger partial charge on any atom is -0.324 e. The first-order valence-corrected chi connectivity index (χ1v) is 8.65. The number of nitrogens with one attached hydrogen (secondary N) is 1. The molecule has 0 saturated heterocycles. The summed E-state index contributed by atoms with van der Waals surface area (Å²) >= 11 is 6.01. The second kappa shape index (κ2) is 7.13. The first-order valence-electron chi connectivity index (χ1n) is 8.27. The molecule has 3 heterocycles. The second-order valence-corrected chi connectivity index (χ2v) is 6.46. The van der Waals surface area contributed by atoms with Crippen LogP contribution >= 0.6 is 11.6 Å². The molecule has 1 amide bonds. The lowest BCUT2D eigenvalue weighted by molar-refractivity contribution is -0.116. The lowest BCUT2D eigenvalue weighted by atomic mass is 10.2. The molecule has 0 spiro atoms. The molecule has 1 aliphatic heterocycles. The molecule has 0 atom stereocenters. The summed E-state index contributed by atoms with van der Waals surface area (Å²) in [5.41, 5.74) is 3.07. The molecule has 3 aromatic rings. The van der Waals surface area contributed by atoms with Gasteiger partial charge in [-0.25, -0.2) is 15.0 Å². The van der Waals surface area contributed by atoms with Gasteiger partial charge in [0.05, 0.1) is 12.1 Å². The minimum atomic E-state index is -0.0943. The van der Waals surface area contributed by atoms with Gasteiger partial charge in [0.2, 0.25) is 5.95 Å². The zero-order chi connectivity index (χ0) is 18.8. The Hall–Kier alpha value is -3.32. The lowest BCUT2D eigenvalue weighted by Crippen LogP contribution is -2.20. The Balaban J connectivity index is 1.62. The van der Waals surface area contributed by atoms with Crippen LogP contribution in [0.15, 0.2) is 60.0 Å². The fourth-order valence-electron chi connectivity index (χ4n) is 2.70. The number of carbonyl (C=O) groups excluding carboxylic acids is 1. The molecule has 1 N–H and O–H groups in total. The molecule has 27 heavy (non-hydrogen) atoms. The van der Waals surface area contributed by atoms with E-state index in [1.54, 1.807) is 36.7 Å². The Morgan fingerprint density at radius 3 is 2.74 bits per heavy atom. The molecule has 0 bridgehead atoms. The third-order valence-electron chi connectivity index (χ3n) is 3.91. The van der Waals surface area contributed by atoms with E-state index in [4.69, 9.17) is 11.6 Å². The molecule has 7 nitrogen and oxygen atoms in total. The average Bonchev–Trinajstić information content (AvgIpc) is 3.00. The van der Waals surface area contributed by atoms with E-state index in [9.17, 15) is 4.79 Å². The van der Waals surface area contributed by atoms with Crippen molar-refractivity contribution >= 4 is 40.7 Å². The van der Waals surface area contributed by atoms with Crippen molar-refractivity contribution in [2.24, 2.45) is 5.10 Å². The smallest absolute Gasteiger partial charge is 0.254 e. The number of hydrogen-bond donors (Lipinski definition) is 1. The van der Waals surface area contributed by atoms with Gasteiger partial charge in [-0.15, -0.1) is 0 Å². The summed E-state index contributed by atoms with van der Waals surface area (Å²) in [6.45, 7) is 1.82. The fraction of sp³-hybridized carbons (Fsp3) is 0.105. The van der Waals surface area contributed by atoms with Crippen LogP contribution in [0.5, 0.6) is 0 Å². The first-order chi connectivity index (χ1) is 13.1. The van der Waals surface area contributed by atoms with Crippen LogP contribution in [0.3, 0.4) is 0 Å². The SMILES string of the molecule is CC1=NN(c2cc(-c3ccnc(Nc4cccc(Cl)c4)n3)ccn2)C(=O)C1. The highest BCUT2D eigenvalue weighted by Crippen LogP contribution is 2.25. The van der Waals surface area contributed by atoms with Gasteiger partial charge in [0, 0.05) is 34.4 Å². The largest absolute Gasteiger partial charge is 0.324 e. The second-order valence-electron chi connectivity index (χ2n) is 6.02. The van der Waals surface area contributed by atoms with E-state index in [-0.39, 0.29) is 5.91 Å². The van der Waals surface area contributed by atoms with Crippen molar-refractivity contribution in [3.63, 3.8) is 0 Å². The van der Waals surface area contributed by atoms with Crippen molar-refractivity contribution in [2.75, 3.05) is 10.3 Å². The van der Waals surface area contributed by atoms with Crippen LogP contribution in [-0.4, -0.2) is 26.6 Å². The molecule has 4 rings (SSSR count). The maximum absolute atomic E-state index is 12.0. The van der Waals surface area contributed by atoms with Gasteiger partial charge in [-0.3, -0.25) is 4.79 Å². The minimum absolute atomic E-state index is 0.0943. The molecule has 1 aromatic carbocycles. The van der Waals surface area contributed by atoms with Crippen LogP contribution in [0.25, 0.3) is 11.3 Å². The predicted octanol–water partition coefficient (Wildman–Crippen LogP) is 4.05. The number of benzene rings is 1. The maximum atomic E-state index is 12.0. The van der Waals surface area contributed by atoms with Crippen molar-refractivity contribution in [1.29, 1.82) is 0 Å². The lowest BCUT2D eigenvalue weighted by Gasteiger charge is -2.12. The molecule has 0 saturated carbocycles. The van der Waals surface area contributed by atoms with Crippen molar-refractivity contribution in [1.82, 2.24) is 15.0 Å². The quantitative estimate of drug-likeness (QED) is 0.740. The summed E-state index contributed by atoms with van der Waals surface area (Å²) in [7, 11) is 0. The van der Waals surface area contributed by atoms with Gasteiger partial charge in [-0.2, -0.15) is 10.1 Å². The van der Waals surface area contributed by atoms with E-state index in [0.717, 1.165) is 17.0 Å². The normalized spacial score (nSPS) is 13.6. The number of rotatable bonds is 4. The number of pyridine rings is 1. The van der Waals surface area contributed by atoms with E-state index >= 15 is 0 Å². The number of amides is 1. The molecule has 134 valence electrons. The van der Waals surface area contributed by atoms with Gasteiger partial charge in [-0.05, 0) is 43.3 Å². The summed E-state index contributed by atoms with van der Waals surface area (Å²) in [6, 6.07) is 12.7. The number of aromatic nitrogens is 3. The van der Waals surface area contributed by atoms with E-state index < -0.39 is 0 Å². The van der Waals surface area contributed by atoms with Crippen molar-refractivity contribution < 1.29 is 4.79 Å². The van der Waals surface area contributed by atoms with Crippen LogP contribution < -0.4 is 10.3 Å². The van der Waals surface area contributed by atoms with E-state index in [1.165, 1.54) is 5.01 Å². The topological polar surface area (TPSA) is 83.4 Å². The molecule has 0 unspecified atom stereocenters. The third kappa shape index (κ3) is 3.78. The highest BCUT2D eigenvalue weighted by Gasteiger charge is 2.24. The zero-order valence-electron chi connectivity index (χ0n) is 14.4. The van der Waals surface area contributed by atoms with Crippen LogP contribution in [-0.2, 0) is 4.79 Å². The fourth-order valence-corrected chi connectivity index (χ4v) is 2.89. The van der Waals surface area contributed by atoms with Crippen molar-refractivity contribution in [2.45, 2.75) is 13.3 Å². The third-order valence-corrected chi connectivity index (χ3v) is 4.14. The van der Waals surface area contributed by atoms with Crippen LogP contribution in [0, 0.1) is 0 Å².